The predicted octanol–water partition coefficient (Wildman–Crippen LogP) is 1.31. The molecule has 0 radical (unpaired) electrons. The minimum atomic E-state index is -1.67. The van der Waals surface area contributed by atoms with Gasteiger partial charge in [0, 0.05) is 25.5 Å². The van der Waals surface area contributed by atoms with E-state index in [1.807, 2.05) is 0 Å². The molecule has 8 heteroatoms. The molecule has 134 valence electrons. The molecule has 0 spiro atoms. The average Bonchev–Trinajstić information content (AvgIpc) is 3.03. The molecule has 2 saturated heterocycles. The zero-order valence-corrected chi connectivity index (χ0v) is 13.9. The molecule has 2 aliphatic heterocycles. The first-order chi connectivity index (χ1) is 12.0. The summed E-state index contributed by atoms with van der Waals surface area (Å²) in [6, 6.07) is 0. The Balaban J connectivity index is 1.35. The van der Waals surface area contributed by atoms with Crippen molar-refractivity contribution in [3.05, 3.63) is 18.6 Å². The standard InChI is InChI=1S/C17H21FN4O3/c18-17(3-1-4-17)16(24)22-7-2-11-8-12(25-13(11)10-22)15(23)21-14-9-19-5-6-20-14/h5-6,9,11-13H,1-4,7-8,10H2,(H,20,21,23)/t11-,12-,13+/m0/s1. The molecule has 3 fully saturated rings. The van der Waals surface area contributed by atoms with Crippen molar-refractivity contribution in [2.24, 2.45) is 5.92 Å². The molecule has 1 N–H and O–H groups in total. The van der Waals surface area contributed by atoms with Crippen LogP contribution in [0.5, 0.6) is 0 Å². The van der Waals surface area contributed by atoms with Crippen molar-refractivity contribution in [3.8, 4) is 0 Å². The highest BCUT2D eigenvalue weighted by atomic mass is 19.1. The molecule has 3 aliphatic rings. The van der Waals surface area contributed by atoms with Gasteiger partial charge in [0.15, 0.2) is 11.5 Å². The first-order valence-electron chi connectivity index (χ1n) is 8.76. The van der Waals surface area contributed by atoms with Gasteiger partial charge < -0.3 is 15.0 Å². The van der Waals surface area contributed by atoms with E-state index in [1.165, 1.54) is 18.6 Å². The Kier molecular flexibility index (Phi) is 4.15. The largest absolute Gasteiger partial charge is 0.363 e. The molecule has 1 aromatic rings. The van der Waals surface area contributed by atoms with Gasteiger partial charge in [0.25, 0.3) is 11.8 Å². The van der Waals surface area contributed by atoms with Crippen molar-refractivity contribution >= 4 is 17.6 Å². The van der Waals surface area contributed by atoms with Gasteiger partial charge in [0.2, 0.25) is 0 Å². The second kappa shape index (κ2) is 6.33. The lowest BCUT2D eigenvalue weighted by atomic mass is 9.80. The fourth-order valence-electron chi connectivity index (χ4n) is 3.84. The van der Waals surface area contributed by atoms with Crippen LogP contribution in [0.15, 0.2) is 18.6 Å². The highest BCUT2D eigenvalue weighted by Gasteiger charge is 2.50. The van der Waals surface area contributed by atoms with Crippen LogP contribution in [0, 0.1) is 5.92 Å². The SMILES string of the molecule is O=C(Nc1cnccn1)[C@@H]1C[C@@H]2CCN(C(=O)C3(F)CCC3)C[C@H]2O1. The number of piperidine rings is 1. The number of likely N-dealkylation sites (tertiary alicyclic amines) is 1. The van der Waals surface area contributed by atoms with Gasteiger partial charge in [-0.05, 0) is 38.0 Å². The Hall–Kier alpha value is -2.09. The summed E-state index contributed by atoms with van der Waals surface area (Å²) < 4.78 is 20.2. The van der Waals surface area contributed by atoms with Gasteiger partial charge in [0.05, 0.1) is 12.3 Å². The number of aromatic nitrogens is 2. The summed E-state index contributed by atoms with van der Waals surface area (Å²) in [7, 11) is 0. The Morgan fingerprint density at radius 3 is 2.88 bits per heavy atom. The number of hydrogen-bond acceptors (Lipinski definition) is 5. The van der Waals surface area contributed by atoms with E-state index in [-0.39, 0.29) is 17.9 Å². The maximum Gasteiger partial charge on any atom is 0.260 e. The first-order valence-corrected chi connectivity index (χ1v) is 8.76. The first kappa shape index (κ1) is 16.4. The van der Waals surface area contributed by atoms with Gasteiger partial charge in [-0.3, -0.25) is 14.6 Å². The van der Waals surface area contributed by atoms with Crippen LogP contribution in [-0.4, -0.2) is 57.6 Å². The molecule has 1 aliphatic carbocycles. The van der Waals surface area contributed by atoms with Crippen molar-refractivity contribution in [1.82, 2.24) is 14.9 Å². The maximum atomic E-state index is 14.4. The van der Waals surface area contributed by atoms with Crippen molar-refractivity contribution in [2.75, 3.05) is 18.4 Å². The highest BCUT2D eigenvalue weighted by Crippen LogP contribution is 2.40. The van der Waals surface area contributed by atoms with Gasteiger partial charge in [-0.15, -0.1) is 0 Å². The highest BCUT2D eigenvalue weighted by molar-refractivity contribution is 5.93. The molecule has 3 heterocycles. The monoisotopic (exact) mass is 348 g/mol. The van der Waals surface area contributed by atoms with Gasteiger partial charge in [-0.25, -0.2) is 9.37 Å². The van der Waals surface area contributed by atoms with Gasteiger partial charge >= 0.3 is 0 Å². The second-order valence-electron chi connectivity index (χ2n) is 7.10. The van der Waals surface area contributed by atoms with Crippen LogP contribution in [0.2, 0.25) is 0 Å². The van der Waals surface area contributed by atoms with Crippen LogP contribution in [-0.2, 0) is 14.3 Å². The molecule has 0 bridgehead atoms. The van der Waals surface area contributed by atoms with E-state index in [0.29, 0.717) is 38.2 Å². The van der Waals surface area contributed by atoms with E-state index in [1.54, 1.807) is 4.90 Å². The number of hydrogen-bond donors (Lipinski definition) is 1. The van der Waals surface area contributed by atoms with Gasteiger partial charge in [0.1, 0.15) is 6.10 Å². The van der Waals surface area contributed by atoms with Crippen molar-refractivity contribution < 1.29 is 18.7 Å². The molecule has 2 amide bonds. The zero-order chi connectivity index (χ0) is 17.4. The molecule has 1 saturated carbocycles. The van der Waals surface area contributed by atoms with E-state index in [0.717, 1.165) is 12.8 Å². The van der Waals surface area contributed by atoms with Crippen LogP contribution < -0.4 is 5.32 Å². The molecule has 0 aromatic carbocycles. The van der Waals surface area contributed by atoms with Gasteiger partial charge in [-0.1, -0.05) is 0 Å². The summed E-state index contributed by atoms with van der Waals surface area (Å²) >= 11 is 0. The number of nitrogens with one attached hydrogen (secondary N) is 1. The van der Waals surface area contributed by atoms with Crippen molar-refractivity contribution in [3.63, 3.8) is 0 Å². The van der Waals surface area contributed by atoms with Crippen molar-refractivity contribution in [2.45, 2.75) is 50.0 Å². The van der Waals surface area contributed by atoms with Crippen LogP contribution in [0.25, 0.3) is 0 Å². The molecule has 7 nitrogen and oxygen atoms in total. The normalized spacial score (nSPS) is 30.3. The number of carbonyl (C=O) groups excluding carboxylic acids is 2. The number of ether oxygens (including phenoxy) is 1. The summed E-state index contributed by atoms with van der Waals surface area (Å²) in [4.78, 5) is 34.2. The number of alkyl halides is 1. The topological polar surface area (TPSA) is 84.4 Å². The summed E-state index contributed by atoms with van der Waals surface area (Å²) in [6.45, 7) is 0.900. The third kappa shape index (κ3) is 3.10. The number of rotatable bonds is 3. The third-order valence-corrected chi connectivity index (χ3v) is 5.48. The number of amides is 2. The fourth-order valence-corrected chi connectivity index (χ4v) is 3.84. The average molecular weight is 348 g/mol. The Bertz CT molecular complexity index is 667. The van der Waals surface area contributed by atoms with Gasteiger partial charge in [-0.2, -0.15) is 0 Å². The third-order valence-electron chi connectivity index (χ3n) is 5.48. The molecule has 1 aromatic heterocycles. The van der Waals surface area contributed by atoms with Crippen LogP contribution >= 0.6 is 0 Å². The quantitative estimate of drug-likeness (QED) is 0.890. The lowest BCUT2D eigenvalue weighted by Gasteiger charge is -2.41. The van der Waals surface area contributed by atoms with Crippen LogP contribution in [0.4, 0.5) is 10.2 Å². The summed E-state index contributed by atoms with van der Waals surface area (Å²) in [5, 5.41) is 2.69. The summed E-state index contributed by atoms with van der Waals surface area (Å²) in [5.74, 6) is -0.0623. The summed E-state index contributed by atoms with van der Waals surface area (Å²) in [6.07, 6.45) is 6.47. The molecular weight excluding hydrogens is 327 g/mol. The number of anilines is 1. The Morgan fingerprint density at radius 2 is 2.20 bits per heavy atom. The fraction of sp³-hybridized carbons (Fsp3) is 0.647. The lowest BCUT2D eigenvalue weighted by Crippen LogP contribution is -2.55. The number of carbonyl (C=O) groups is 2. The maximum absolute atomic E-state index is 14.4. The number of halogens is 1. The number of nitrogens with zero attached hydrogens (tertiary/aromatic N) is 3. The second-order valence-corrected chi connectivity index (χ2v) is 7.10. The van der Waals surface area contributed by atoms with Crippen LogP contribution in [0.3, 0.4) is 0 Å². The molecule has 25 heavy (non-hydrogen) atoms. The van der Waals surface area contributed by atoms with E-state index in [2.05, 4.69) is 15.3 Å². The van der Waals surface area contributed by atoms with Crippen LogP contribution in [0.1, 0.15) is 32.1 Å². The minimum absolute atomic E-state index is 0.209. The van der Waals surface area contributed by atoms with E-state index < -0.39 is 17.7 Å². The van der Waals surface area contributed by atoms with Crippen molar-refractivity contribution in [1.29, 1.82) is 0 Å². The minimum Gasteiger partial charge on any atom is -0.363 e. The molecular formula is C17H21FN4O3. The van der Waals surface area contributed by atoms with E-state index in [4.69, 9.17) is 4.74 Å². The van der Waals surface area contributed by atoms with E-state index >= 15 is 0 Å². The zero-order valence-electron chi connectivity index (χ0n) is 13.9. The number of fused-ring (bicyclic) bond motifs is 1. The lowest BCUT2D eigenvalue weighted by molar-refractivity contribution is -0.154. The Morgan fingerprint density at radius 1 is 1.36 bits per heavy atom. The molecule has 0 unspecified atom stereocenters. The van der Waals surface area contributed by atoms with E-state index in [9.17, 15) is 14.0 Å². The molecule has 4 rings (SSSR count). The molecule has 3 atom stereocenters. The summed E-state index contributed by atoms with van der Waals surface area (Å²) in [5.41, 5.74) is -1.67. The Labute approximate surface area is 145 Å². The predicted molar refractivity (Wildman–Crippen MR) is 86.3 cm³/mol. The smallest absolute Gasteiger partial charge is 0.260 e.